The van der Waals surface area contributed by atoms with E-state index in [2.05, 4.69) is 10.6 Å². The lowest BCUT2D eigenvalue weighted by Gasteiger charge is -2.45. The van der Waals surface area contributed by atoms with Gasteiger partial charge < -0.3 is 72.3 Å². The van der Waals surface area contributed by atoms with E-state index in [-0.39, 0.29) is 24.3 Å². The number of nitrogens with two attached hydrogens (primary N) is 3. The molecule has 4 heterocycles. The molecule has 0 aliphatic carbocycles. The summed E-state index contributed by atoms with van der Waals surface area (Å²) < 4.78 is 23.7. The zero-order chi connectivity index (χ0) is 37.0. The Morgan fingerprint density at radius 2 is 1.76 bits per heavy atom. The summed E-state index contributed by atoms with van der Waals surface area (Å²) in [4.78, 5) is 86.3. The topological polar surface area (TPSA) is 380 Å². The number of thioether (sulfide) groups is 1. The molecule has 4 rings (SSSR count). The number of rotatable bonds is 14. The largest absolute Gasteiger partial charge is 0.480 e. The Morgan fingerprint density at radius 3 is 2.36 bits per heavy atom. The molecule has 0 bridgehead atoms. The summed E-state index contributed by atoms with van der Waals surface area (Å²) in [5.41, 5.74) is 15.1. The number of nitrogens with one attached hydrogen (secondary N) is 3. The van der Waals surface area contributed by atoms with Crippen LogP contribution < -0.4 is 39.1 Å². The third-order valence-corrected chi connectivity index (χ3v) is 9.22. The Bertz CT molecular complexity index is 1560. The maximum atomic E-state index is 13.1. The molecule has 14 N–H and O–H groups in total. The van der Waals surface area contributed by atoms with E-state index in [0.717, 1.165) is 28.6 Å². The lowest BCUT2D eigenvalue weighted by atomic mass is 9.90. The fourth-order valence-electron chi connectivity index (χ4n) is 5.61. The second kappa shape index (κ2) is 16.3. The van der Waals surface area contributed by atoms with Gasteiger partial charge in [-0.15, -0.1) is 0 Å². The van der Waals surface area contributed by atoms with Crippen molar-refractivity contribution in [2.75, 3.05) is 11.5 Å². The van der Waals surface area contributed by atoms with Crippen LogP contribution in [0.25, 0.3) is 0 Å². The highest BCUT2D eigenvalue weighted by Gasteiger charge is 2.60. The number of H-pyrrole nitrogens is 1. The average Bonchev–Trinajstić information content (AvgIpc) is 3.36. The number of urea groups is 1. The summed E-state index contributed by atoms with van der Waals surface area (Å²) in [5, 5.41) is 54.9. The molecule has 0 aromatic carbocycles. The summed E-state index contributed by atoms with van der Waals surface area (Å²) in [6, 6.07) is -5.71. The van der Waals surface area contributed by atoms with Crippen LogP contribution in [-0.4, -0.2) is 150 Å². The molecule has 13 atom stereocenters. The third-order valence-electron chi connectivity index (χ3n) is 8.10. The number of amides is 3. The van der Waals surface area contributed by atoms with E-state index < -0.39 is 121 Å². The van der Waals surface area contributed by atoms with Crippen molar-refractivity contribution < 1.29 is 68.5 Å². The van der Waals surface area contributed by atoms with Crippen molar-refractivity contribution in [1.29, 1.82) is 0 Å². The van der Waals surface area contributed by atoms with Gasteiger partial charge in [-0.05, 0) is 12.2 Å². The van der Waals surface area contributed by atoms with Crippen LogP contribution in [0.2, 0.25) is 0 Å². The predicted octanol–water partition coefficient (Wildman–Crippen LogP) is -6.02. The first-order valence-corrected chi connectivity index (χ1v) is 16.1. The number of hydrogen-bond donors (Lipinski definition) is 11. The summed E-state index contributed by atoms with van der Waals surface area (Å²) in [6.07, 6.45) is -14.8. The molecule has 3 amide bonds. The maximum absolute atomic E-state index is 13.1. The van der Waals surface area contributed by atoms with Gasteiger partial charge in [-0.3, -0.25) is 23.9 Å². The summed E-state index contributed by atoms with van der Waals surface area (Å²) in [7, 11) is 0. The summed E-state index contributed by atoms with van der Waals surface area (Å²) >= 11 is 1.05. The molecular formula is C26H37N7O16S. The number of aromatic amines is 1. The molecule has 1 aromatic rings. The van der Waals surface area contributed by atoms with Crippen LogP contribution in [0, 0.1) is 0 Å². The Balaban J connectivity index is 1.53. The number of aliphatic hydroxyl groups is 2. The van der Waals surface area contributed by atoms with Gasteiger partial charge in [0.15, 0.2) is 18.6 Å². The van der Waals surface area contributed by atoms with Crippen LogP contribution in [0.15, 0.2) is 21.9 Å². The molecule has 24 heteroatoms. The van der Waals surface area contributed by atoms with Crippen molar-refractivity contribution in [2.45, 2.75) is 92.3 Å². The molecule has 23 nitrogen and oxygen atoms in total. The van der Waals surface area contributed by atoms with Gasteiger partial charge in [0.05, 0.1) is 6.04 Å². The molecule has 3 saturated heterocycles. The number of primary amides is 1. The molecule has 3 fully saturated rings. The van der Waals surface area contributed by atoms with Crippen LogP contribution >= 0.6 is 11.8 Å². The smallest absolute Gasteiger partial charge is 0.335 e. The summed E-state index contributed by atoms with van der Waals surface area (Å²) in [6.45, 7) is 0. The SMILES string of the molecule is NC(=O)NC1C(OC2OC(C(=O)NC(CCSCC(N)C(=O)O)C(=O)O)CC(N)C2O)C(C(=O)O)OC2C(O)C(n3ccc(=O)[nH]c3=O)OC12. The van der Waals surface area contributed by atoms with Crippen molar-refractivity contribution in [3.63, 3.8) is 0 Å². The van der Waals surface area contributed by atoms with Gasteiger partial charge >= 0.3 is 29.6 Å². The van der Waals surface area contributed by atoms with E-state index in [0.29, 0.717) is 0 Å². The van der Waals surface area contributed by atoms with Crippen molar-refractivity contribution in [2.24, 2.45) is 17.2 Å². The zero-order valence-corrected chi connectivity index (χ0v) is 26.6. The highest BCUT2D eigenvalue weighted by Crippen LogP contribution is 2.39. The minimum atomic E-state index is -2.03. The Hall–Kier alpha value is -4.14. The van der Waals surface area contributed by atoms with E-state index in [4.69, 9.17) is 41.3 Å². The second-order valence-electron chi connectivity index (χ2n) is 11.6. The molecule has 3 aliphatic heterocycles. The van der Waals surface area contributed by atoms with Crippen LogP contribution in [-0.2, 0) is 38.1 Å². The first kappa shape index (κ1) is 38.7. The molecular weight excluding hydrogens is 698 g/mol. The molecule has 0 saturated carbocycles. The first-order chi connectivity index (χ1) is 23.5. The van der Waals surface area contributed by atoms with E-state index >= 15 is 0 Å². The van der Waals surface area contributed by atoms with Crippen molar-refractivity contribution in [1.82, 2.24) is 20.2 Å². The Kier molecular flexibility index (Phi) is 12.6. The molecule has 3 aliphatic rings. The minimum Gasteiger partial charge on any atom is -0.480 e. The number of fused-ring (bicyclic) bond motifs is 1. The van der Waals surface area contributed by atoms with Gasteiger partial charge in [-0.2, -0.15) is 11.8 Å². The number of hydrogen-bond acceptors (Lipinski definition) is 16. The van der Waals surface area contributed by atoms with Gasteiger partial charge in [0, 0.05) is 30.5 Å². The van der Waals surface area contributed by atoms with Crippen LogP contribution in [0.1, 0.15) is 19.1 Å². The number of ether oxygens (including phenoxy) is 4. The monoisotopic (exact) mass is 735 g/mol. The lowest BCUT2D eigenvalue weighted by Crippen LogP contribution is -2.68. The molecule has 13 unspecified atom stereocenters. The van der Waals surface area contributed by atoms with E-state index in [1.54, 1.807) is 0 Å². The molecule has 1 aromatic heterocycles. The fraction of sp³-hybridized carbons (Fsp3) is 0.654. The van der Waals surface area contributed by atoms with Crippen molar-refractivity contribution >= 4 is 41.6 Å². The first-order valence-electron chi connectivity index (χ1n) is 14.9. The Labute approximate surface area is 284 Å². The van der Waals surface area contributed by atoms with Gasteiger partial charge in [0.2, 0.25) is 5.91 Å². The number of aromatic nitrogens is 2. The fourth-order valence-corrected chi connectivity index (χ4v) is 6.58. The number of carbonyl (C=O) groups excluding carboxylic acids is 2. The van der Waals surface area contributed by atoms with E-state index in [1.165, 1.54) is 0 Å². The Morgan fingerprint density at radius 1 is 1.06 bits per heavy atom. The molecule has 278 valence electrons. The van der Waals surface area contributed by atoms with Crippen molar-refractivity contribution in [3.8, 4) is 0 Å². The predicted molar refractivity (Wildman–Crippen MR) is 163 cm³/mol. The molecule has 0 spiro atoms. The van der Waals surface area contributed by atoms with Crippen molar-refractivity contribution in [3.05, 3.63) is 33.1 Å². The van der Waals surface area contributed by atoms with Gasteiger partial charge in [-0.25, -0.2) is 19.2 Å². The van der Waals surface area contributed by atoms with Gasteiger partial charge in [0.25, 0.3) is 5.56 Å². The quantitative estimate of drug-likeness (QED) is 0.0792. The zero-order valence-electron chi connectivity index (χ0n) is 25.8. The number of aliphatic hydroxyl groups excluding tert-OH is 2. The summed E-state index contributed by atoms with van der Waals surface area (Å²) in [5.74, 6) is -5.24. The highest BCUT2D eigenvalue weighted by molar-refractivity contribution is 7.99. The standard InChI is InChI=1S/C26H37N7O16S/c27-7-5-10(19(37)30-9(22(40)41)2-4-50-6-8(28)21(38)39)46-24(13(7)35)49-16-12(32-25(29)44)15-17(47-18(16)23(42)43)14(36)20(48-15)33-3-1-11(34)31-26(33)45/h1,3,7-10,12-18,20,24,35-36H,2,4-6,27-28H2,(H,30,37)(H,38,39)(H,40,41)(H,42,43)(H3,29,32,44)(H,31,34,45). The van der Waals surface area contributed by atoms with Crippen LogP contribution in [0.4, 0.5) is 4.79 Å². The van der Waals surface area contributed by atoms with Crippen LogP contribution in [0.3, 0.4) is 0 Å². The lowest BCUT2D eigenvalue weighted by molar-refractivity contribution is -0.291. The van der Waals surface area contributed by atoms with Gasteiger partial charge in [-0.1, -0.05) is 0 Å². The molecule has 0 radical (unpaired) electrons. The van der Waals surface area contributed by atoms with Crippen LogP contribution in [0.5, 0.6) is 0 Å². The molecule has 50 heavy (non-hydrogen) atoms. The minimum absolute atomic E-state index is 0.0150. The second-order valence-corrected chi connectivity index (χ2v) is 12.7. The normalized spacial score (nSPS) is 33.4. The number of carbonyl (C=O) groups is 5. The number of aliphatic carboxylic acids is 3. The maximum Gasteiger partial charge on any atom is 0.335 e. The van der Waals surface area contributed by atoms with Gasteiger partial charge in [0.1, 0.15) is 48.7 Å². The number of carboxylic acids is 3. The third kappa shape index (κ3) is 8.77. The highest BCUT2D eigenvalue weighted by atomic mass is 32.2. The van der Waals surface area contributed by atoms with E-state index in [9.17, 15) is 54.0 Å². The average molecular weight is 736 g/mol. The number of nitrogens with zero attached hydrogens (tertiary/aromatic N) is 1. The number of carboxylic acid groups (broad SMARTS) is 3. The van der Waals surface area contributed by atoms with E-state index in [1.807, 2.05) is 4.98 Å².